The first kappa shape index (κ1) is 34.9. The van der Waals surface area contributed by atoms with Crippen LogP contribution in [0.1, 0.15) is 25.7 Å². The number of rotatable bonds is 9. The number of alkyl halides is 1. The van der Waals surface area contributed by atoms with Gasteiger partial charge in [-0.1, -0.05) is 26.1 Å². The number of carbonyl (C=O) groups is 1. The Bertz CT molecular complexity index is 1450. The summed E-state index contributed by atoms with van der Waals surface area (Å²) >= 11 is 6.64. The molecule has 1 unspecified atom stereocenters. The molecule has 2 aromatic rings. The van der Waals surface area contributed by atoms with E-state index < -0.39 is 0 Å². The number of nitrogens with zero attached hydrogens (tertiary/aromatic N) is 5. The normalized spacial score (nSPS) is 21.9. The zero-order chi connectivity index (χ0) is 33.5. The monoisotopic (exact) mass is 695 g/mol. The van der Waals surface area contributed by atoms with E-state index in [1.54, 1.807) is 7.11 Å². The number of hydrogen-bond acceptors (Lipinski definition) is 10. The Hall–Kier alpha value is -2.95. The Labute approximate surface area is 291 Å². The van der Waals surface area contributed by atoms with Gasteiger partial charge in [-0.05, 0) is 75.6 Å². The summed E-state index contributed by atoms with van der Waals surface area (Å²) in [4.78, 5) is 29.3. The van der Waals surface area contributed by atoms with E-state index in [1.807, 2.05) is 6.07 Å². The molecule has 0 aliphatic carbocycles. The van der Waals surface area contributed by atoms with Crippen LogP contribution in [0.5, 0.6) is 5.75 Å². The van der Waals surface area contributed by atoms with Crippen molar-refractivity contribution in [3.63, 3.8) is 0 Å². The van der Waals surface area contributed by atoms with Crippen LogP contribution in [0, 0.1) is 0 Å². The molecule has 4 heterocycles. The number of piperazine rings is 1. The molecule has 13 heteroatoms. The molecule has 4 N–H and O–H groups in total. The number of halogens is 1. The number of amides is 1. The molecule has 1 atom stereocenters. The van der Waals surface area contributed by atoms with Crippen molar-refractivity contribution in [2.75, 3.05) is 101 Å². The highest BCUT2D eigenvalue weighted by atomic mass is 35.5. The van der Waals surface area contributed by atoms with Crippen LogP contribution < -0.4 is 36.2 Å². The molecule has 0 saturated carbocycles. The van der Waals surface area contributed by atoms with Gasteiger partial charge < -0.3 is 30.9 Å². The zero-order valence-corrected chi connectivity index (χ0v) is 30.2. The molecule has 260 valence electrons. The van der Waals surface area contributed by atoms with Crippen LogP contribution in [0.3, 0.4) is 0 Å². The maximum absolute atomic E-state index is 12.6. The van der Waals surface area contributed by atoms with Gasteiger partial charge in [0, 0.05) is 68.8 Å². The molecule has 48 heavy (non-hydrogen) atoms. The van der Waals surface area contributed by atoms with Crippen molar-refractivity contribution >= 4 is 59.6 Å². The number of amidine groups is 1. The van der Waals surface area contributed by atoms with Crippen molar-refractivity contribution in [3.8, 4) is 5.75 Å². The van der Waals surface area contributed by atoms with Gasteiger partial charge >= 0.3 is 0 Å². The summed E-state index contributed by atoms with van der Waals surface area (Å²) in [5.41, 5.74) is 3.02. The summed E-state index contributed by atoms with van der Waals surface area (Å²) in [5.74, 6) is 2.13. The molecule has 4 aliphatic rings. The molecule has 0 bridgehead atoms. The topological polar surface area (TPSA) is 109 Å². The van der Waals surface area contributed by atoms with Crippen molar-refractivity contribution in [2.24, 2.45) is 9.98 Å². The van der Waals surface area contributed by atoms with Crippen LogP contribution in [0.2, 0.25) is 0 Å². The number of benzene rings is 2. The molecule has 0 aromatic heterocycles. The standard InChI is InChI=1S/C35H51ClN9O2P/c1-47-31-22-27(8-9-29(31)41-35-38-23-28(36)34(42-35)40-30-6-4-5-7-32(30)48(2)3)44-16-12-26(13-17-44)45-20-18-43(19-21-45)24-33(46)39-25-10-14-37-15-11-25/h4-9,22,25-26,28,37H,10-21,23-24H2,1-3H3,(H,39,46)(H2,38,40,41,42). The lowest BCUT2D eigenvalue weighted by Gasteiger charge is -2.43. The van der Waals surface area contributed by atoms with Crippen LogP contribution in [-0.2, 0) is 4.79 Å². The average molecular weight is 696 g/mol. The van der Waals surface area contributed by atoms with Gasteiger partial charge in [-0.25, -0.2) is 4.99 Å². The first-order chi connectivity index (χ1) is 23.4. The van der Waals surface area contributed by atoms with E-state index in [1.165, 1.54) is 5.30 Å². The number of methoxy groups -OCH3 is 1. The zero-order valence-electron chi connectivity index (χ0n) is 28.6. The number of guanidine groups is 1. The summed E-state index contributed by atoms with van der Waals surface area (Å²) in [5, 5.41) is 14.4. The van der Waals surface area contributed by atoms with E-state index in [0.29, 0.717) is 37.0 Å². The van der Waals surface area contributed by atoms with E-state index >= 15 is 0 Å². The number of ether oxygens (including phenoxy) is 1. The second-order valence-electron chi connectivity index (χ2n) is 13.3. The minimum atomic E-state index is -0.324. The molecule has 0 radical (unpaired) electrons. The fourth-order valence-electron chi connectivity index (χ4n) is 7.07. The maximum atomic E-state index is 12.6. The van der Waals surface area contributed by atoms with E-state index in [9.17, 15) is 4.79 Å². The summed E-state index contributed by atoms with van der Waals surface area (Å²) < 4.78 is 5.82. The third-order valence-corrected chi connectivity index (χ3v) is 11.5. The second-order valence-corrected chi connectivity index (χ2v) is 16.1. The summed E-state index contributed by atoms with van der Waals surface area (Å²) in [6, 6.07) is 15.5. The quantitative estimate of drug-likeness (QED) is 0.234. The van der Waals surface area contributed by atoms with E-state index in [0.717, 1.165) is 101 Å². The number of piperidine rings is 2. The van der Waals surface area contributed by atoms with Crippen molar-refractivity contribution < 1.29 is 9.53 Å². The van der Waals surface area contributed by atoms with Crippen molar-refractivity contribution in [1.82, 2.24) is 20.4 Å². The molecule has 6 rings (SSSR count). The van der Waals surface area contributed by atoms with Crippen LogP contribution >= 0.6 is 19.5 Å². The Kier molecular flexibility index (Phi) is 12.1. The van der Waals surface area contributed by atoms with E-state index in [2.05, 4.69) is 90.7 Å². The van der Waals surface area contributed by atoms with Gasteiger partial charge in [0.25, 0.3) is 0 Å². The largest absolute Gasteiger partial charge is 0.494 e. The van der Waals surface area contributed by atoms with Gasteiger partial charge in [0.15, 0.2) is 0 Å². The SMILES string of the molecule is COc1cc(N2CCC(N3CCN(CC(=O)NC4CCNCC4)CC3)CC2)ccc1NC1=NCC(Cl)C(Nc2ccccc2P(C)C)=N1. The maximum Gasteiger partial charge on any atom is 0.234 e. The molecule has 11 nitrogen and oxygen atoms in total. The van der Waals surface area contributed by atoms with Gasteiger partial charge in [-0.2, -0.15) is 4.99 Å². The Morgan fingerprint density at radius 2 is 1.73 bits per heavy atom. The van der Waals surface area contributed by atoms with Crippen LogP contribution in [0.15, 0.2) is 52.4 Å². The van der Waals surface area contributed by atoms with Crippen molar-refractivity contribution in [2.45, 2.75) is 43.1 Å². The summed E-state index contributed by atoms with van der Waals surface area (Å²) in [6.07, 6.45) is 4.31. The summed E-state index contributed by atoms with van der Waals surface area (Å²) in [6.45, 7) is 13.4. The Balaban J connectivity index is 0.989. The number of nitrogens with one attached hydrogen (secondary N) is 4. The molecular weight excluding hydrogens is 645 g/mol. The lowest BCUT2D eigenvalue weighted by Crippen LogP contribution is -2.55. The van der Waals surface area contributed by atoms with E-state index in [4.69, 9.17) is 21.3 Å². The van der Waals surface area contributed by atoms with Crippen molar-refractivity contribution in [1.29, 1.82) is 0 Å². The number of para-hydroxylation sites is 1. The number of aliphatic imine (C=N–C) groups is 2. The van der Waals surface area contributed by atoms with E-state index in [-0.39, 0.29) is 19.2 Å². The Morgan fingerprint density at radius 3 is 2.46 bits per heavy atom. The third-order valence-electron chi connectivity index (χ3n) is 9.83. The molecule has 3 saturated heterocycles. The van der Waals surface area contributed by atoms with Gasteiger partial charge in [-0.3, -0.25) is 14.6 Å². The summed E-state index contributed by atoms with van der Waals surface area (Å²) in [7, 11) is 1.42. The fourth-order valence-corrected chi connectivity index (χ4v) is 8.24. The smallest absolute Gasteiger partial charge is 0.234 e. The molecule has 1 amide bonds. The van der Waals surface area contributed by atoms with Gasteiger partial charge in [-0.15, -0.1) is 11.6 Å². The van der Waals surface area contributed by atoms with Gasteiger partial charge in [0.2, 0.25) is 11.9 Å². The van der Waals surface area contributed by atoms with Crippen molar-refractivity contribution in [3.05, 3.63) is 42.5 Å². The Morgan fingerprint density at radius 1 is 0.979 bits per heavy atom. The minimum Gasteiger partial charge on any atom is -0.494 e. The van der Waals surface area contributed by atoms with Gasteiger partial charge in [0.1, 0.15) is 17.0 Å². The first-order valence-electron chi connectivity index (χ1n) is 17.3. The number of carbonyl (C=O) groups excluding carboxylic acids is 1. The lowest BCUT2D eigenvalue weighted by atomic mass is 10.0. The predicted molar refractivity (Wildman–Crippen MR) is 202 cm³/mol. The molecule has 0 spiro atoms. The fraction of sp³-hybridized carbons (Fsp3) is 0.571. The highest BCUT2D eigenvalue weighted by molar-refractivity contribution is 7.64. The number of anilines is 3. The van der Waals surface area contributed by atoms with Crippen LogP contribution in [-0.4, -0.2) is 131 Å². The average Bonchev–Trinajstić information content (AvgIpc) is 3.11. The third kappa shape index (κ3) is 8.98. The highest BCUT2D eigenvalue weighted by Gasteiger charge is 2.29. The van der Waals surface area contributed by atoms with Crippen LogP contribution in [0.4, 0.5) is 17.1 Å². The number of hydrogen-bond donors (Lipinski definition) is 4. The second kappa shape index (κ2) is 16.6. The molecule has 3 fully saturated rings. The highest BCUT2D eigenvalue weighted by Crippen LogP contribution is 2.33. The predicted octanol–water partition coefficient (Wildman–Crippen LogP) is 3.42. The first-order valence-corrected chi connectivity index (χ1v) is 20.0. The molecular formula is C35H51ClN9O2P. The lowest BCUT2D eigenvalue weighted by molar-refractivity contribution is -0.123. The van der Waals surface area contributed by atoms with Crippen LogP contribution in [0.25, 0.3) is 0 Å². The minimum absolute atomic E-state index is 0.175. The molecule has 2 aromatic carbocycles. The molecule has 4 aliphatic heterocycles. The van der Waals surface area contributed by atoms with Gasteiger partial charge in [0.05, 0.1) is 25.9 Å².